The smallest absolute Gasteiger partial charge is 0.140 e. The van der Waals surface area contributed by atoms with Gasteiger partial charge in [0.05, 0.1) is 5.56 Å². The molecule has 0 saturated heterocycles. The van der Waals surface area contributed by atoms with Crippen LogP contribution >= 0.6 is 0 Å². The van der Waals surface area contributed by atoms with Crippen LogP contribution in [0.3, 0.4) is 0 Å². The number of nitriles is 1. The average molecular weight is 223 g/mol. The Morgan fingerprint density at radius 2 is 2.18 bits per heavy atom. The van der Waals surface area contributed by atoms with Crippen LogP contribution in [0.25, 0.3) is 0 Å². The number of aromatic nitrogens is 3. The van der Waals surface area contributed by atoms with Crippen molar-refractivity contribution >= 4 is 11.6 Å². The van der Waals surface area contributed by atoms with Crippen molar-refractivity contribution in [1.29, 1.82) is 5.26 Å². The van der Waals surface area contributed by atoms with E-state index in [9.17, 15) is 0 Å². The van der Waals surface area contributed by atoms with E-state index in [0.717, 1.165) is 30.2 Å². The van der Waals surface area contributed by atoms with E-state index in [4.69, 9.17) is 5.26 Å². The monoisotopic (exact) mass is 223 g/mol. The van der Waals surface area contributed by atoms with Crippen molar-refractivity contribution in [3.63, 3.8) is 0 Å². The van der Waals surface area contributed by atoms with Crippen LogP contribution in [-0.4, -0.2) is 21.5 Å². The summed E-state index contributed by atoms with van der Waals surface area (Å²) in [6, 6.07) is 5.67. The second-order valence-corrected chi connectivity index (χ2v) is 3.79. The van der Waals surface area contributed by atoms with Crippen LogP contribution in [0.2, 0.25) is 0 Å². The SMILES string of the molecule is N#Cc1ccc(N2CCc3cncnc32)nc1. The Bertz CT molecular complexity index is 585. The molecule has 0 aliphatic carbocycles. The summed E-state index contributed by atoms with van der Waals surface area (Å²) >= 11 is 0. The summed E-state index contributed by atoms with van der Waals surface area (Å²) in [6.45, 7) is 0.854. The number of pyridine rings is 1. The van der Waals surface area contributed by atoms with Gasteiger partial charge in [0.1, 0.15) is 24.0 Å². The lowest BCUT2D eigenvalue weighted by Gasteiger charge is -2.16. The molecule has 5 nitrogen and oxygen atoms in total. The molecular formula is C12H9N5. The molecule has 3 rings (SSSR count). The summed E-state index contributed by atoms with van der Waals surface area (Å²) in [5.41, 5.74) is 1.70. The van der Waals surface area contributed by atoms with Crippen LogP contribution in [0.15, 0.2) is 30.9 Å². The largest absolute Gasteiger partial charge is 0.310 e. The molecule has 0 aromatic carbocycles. The van der Waals surface area contributed by atoms with Gasteiger partial charge in [-0.15, -0.1) is 0 Å². The molecule has 0 amide bonds. The van der Waals surface area contributed by atoms with Gasteiger partial charge < -0.3 is 4.90 Å². The van der Waals surface area contributed by atoms with Crippen molar-refractivity contribution in [1.82, 2.24) is 15.0 Å². The second kappa shape index (κ2) is 3.83. The molecule has 82 valence electrons. The van der Waals surface area contributed by atoms with Crippen molar-refractivity contribution in [2.24, 2.45) is 0 Å². The van der Waals surface area contributed by atoms with E-state index in [0.29, 0.717) is 5.56 Å². The van der Waals surface area contributed by atoms with Crippen LogP contribution in [0.4, 0.5) is 11.6 Å². The molecule has 0 spiro atoms. The lowest BCUT2D eigenvalue weighted by molar-refractivity contribution is 0.965. The van der Waals surface area contributed by atoms with Crippen molar-refractivity contribution in [2.45, 2.75) is 6.42 Å². The summed E-state index contributed by atoms with van der Waals surface area (Å²) in [5.74, 6) is 1.73. The lowest BCUT2D eigenvalue weighted by Crippen LogP contribution is -2.15. The zero-order valence-corrected chi connectivity index (χ0v) is 9.04. The third kappa shape index (κ3) is 1.60. The lowest BCUT2D eigenvalue weighted by atomic mass is 10.3. The molecule has 0 fully saturated rings. The number of rotatable bonds is 1. The van der Waals surface area contributed by atoms with Crippen molar-refractivity contribution < 1.29 is 0 Å². The highest BCUT2D eigenvalue weighted by molar-refractivity contribution is 5.62. The van der Waals surface area contributed by atoms with Gasteiger partial charge in [-0.2, -0.15) is 5.26 Å². The van der Waals surface area contributed by atoms with Gasteiger partial charge in [-0.3, -0.25) is 0 Å². The van der Waals surface area contributed by atoms with E-state index in [-0.39, 0.29) is 0 Å². The van der Waals surface area contributed by atoms with E-state index in [1.165, 1.54) is 0 Å². The number of anilines is 2. The van der Waals surface area contributed by atoms with Crippen LogP contribution in [0, 0.1) is 11.3 Å². The number of fused-ring (bicyclic) bond motifs is 1. The van der Waals surface area contributed by atoms with E-state index in [1.807, 2.05) is 17.2 Å². The first-order valence-corrected chi connectivity index (χ1v) is 5.31. The zero-order chi connectivity index (χ0) is 11.7. The Morgan fingerprint density at radius 1 is 1.24 bits per heavy atom. The third-order valence-electron chi connectivity index (χ3n) is 2.78. The third-order valence-corrected chi connectivity index (χ3v) is 2.78. The van der Waals surface area contributed by atoms with Gasteiger partial charge in [0.15, 0.2) is 0 Å². The summed E-state index contributed by atoms with van der Waals surface area (Å²) in [5, 5.41) is 8.73. The molecule has 0 saturated carbocycles. The van der Waals surface area contributed by atoms with Crippen LogP contribution in [0.5, 0.6) is 0 Å². The zero-order valence-electron chi connectivity index (χ0n) is 9.04. The fourth-order valence-corrected chi connectivity index (χ4v) is 1.94. The molecular weight excluding hydrogens is 214 g/mol. The topological polar surface area (TPSA) is 65.7 Å². The summed E-state index contributed by atoms with van der Waals surface area (Å²) in [6.07, 6.45) is 5.89. The Hall–Kier alpha value is -2.48. The molecule has 1 aliphatic heterocycles. The van der Waals surface area contributed by atoms with Gasteiger partial charge in [0.2, 0.25) is 0 Å². The highest BCUT2D eigenvalue weighted by atomic mass is 15.3. The first kappa shape index (κ1) is 9.73. The number of hydrogen-bond donors (Lipinski definition) is 0. The Balaban J connectivity index is 1.99. The molecule has 2 aromatic heterocycles. The highest BCUT2D eigenvalue weighted by Crippen LogP contribution is 2.30. The molecule has 2 aromatic rings. The molecule has 0 unspecified atom stereocenters. The van der Waals surface area contributed by atoms with Gasteiger partial charge in [0.25, 0.3) is 0 Å². The quantitative estimate of drug-likeness (QED) is 0.731. The molecule has 0 radical (unpaired) electrons. The highest BCUT2D eigenvalue weighted by Gasteiger charge is 2.22. The minimum Gasteiger partial charge on any atom is -0.310 e. The van der Waals surface area contributed by atoms with Gasteiger partial charge in [-0.05, 0) is 18.6 Å². The van der Waals surface area contributed by atoms with Gasteiger partial charge in [0, 0.05) is 24.5 Å². The maximum Gasteiger partial charge on any atom is 0.140 e. The van der Waals surface area contributed by atoms with Crippen LogP contribution < -0.4 is 4.90 Å². The number of hydrogen-bond acceptors (Lipinski definition) is 5. The first-order chi connectivity index (χ1) is 8.38. The predicted octanol–water partition coefficient (Wildman–Crippen LogP) is 1.44. The maximum absolute atomic E-state index is 8.73. The van der Waals surface area contributed by atoms with Crippen LogP contribution in [0.1, 0.15) is 11.1 Å². The molecule has 1 aliphatic rings. The Labute approximate surface area is 98.4 Å². The molecule has 17 heavy (non-hydrogen) atoms. The Morgan fingerprint density at radius 3 is 2.94 bits per heavy atom. The van der Waals surface area contributed by atoms with Gasteiger partial charge in [-0.25, -0.2) is 15.0 Å². The molecule has 0 bridgehead atoms. The maximum atomic E-state index is 8.73. The van der Waals surface area contributed by atoms with E-state index < -0.39 is 0 Å². The predicted molar refractivity (Wildman–Crippen MR) is 61.7 cm³/mol. The second-order valence-electron chi connectivity index (χ2n) is 3.79. The fraction of sp³-hybridized carbons (Fsp3) is 0.167. The van der Waals surface area contributed by atoms with Gasteiger partial charge >= 0.3 is 0 Å². The molecule has 5 heteroatoms. The minimum atomic E-state index is 0.566. The molecule has 3 heterocycles. The van der Waals surface area contributed by atoms with E-state index >= 15 is 0 Å². The summed E-state index contributed by atoms with van der Waals surface area (Å²) in [4.78, 5) is 14.6. The molecule has 0 atom stereocenters. The standard InChI is InChI=1S/C12H9N5/c13-5-9-1-2-11(15-6-9)17-4-3-10-7-14-8-16-12(10)17/h1-2,6-8H,3-4H2. The van der Waals surface area contributed by atoms with Crippen molar-refractivity contribution in [3.05, 3.63) is 42.0 Å². The number of nitrogens with zero attached hydrogens (tertiary/aromatic N) is 5. The first-order valence-electron chi connectivity index (χ1n) is 5.31. The Kier molecular flexibility index (Phi) is 2.19. The molecule has 0 N–H and O–H groups in total. The summed E-state index contributed by atoms with van der Waals surface area (Å²) < 4.78 is 0. The average Bonchev–Trinajstić information content (AvgIpc) is 2.83. The van der Waals surface area contributed by atoms with E-state index in [2.05, 4.69) is 21.0 Å². The minimum absolute atomic E-state index is 0.566. The van der Waals surface area contributed by atoms with Gasteiger partial charge in [-0.1, -0.05) is 0 Å². The fourth-order valence-electron chi connectivity index (χ4n) is 1.94. The van der Waals surface area contributed by atoms with Crippen LogP contribution in [-0.2, 0) is 6.42 Å². The summed E-state index contributed by atoms with van der Waals surface area (Å²) in [7, 11) is 0. The van der Waals surface area contributed by atoms with E-state index in [1.54, 1.807) is 18.6 Å². The van der Waals surface area contributed by atoms with Crippen molar-refractivity contribution in [2.75, 3.05) is 11.4 Å². The normalized spacial score (nSPS) is 13.2. The van der Waals surface area contributed by atoms with Crippen molar-refractivity contribution in [3.8, 4) is 6.07 Å².